The number of halogens is 1. The van der Waals surface area contributed by atoms with Crippen LogP contribution in [0.3, 0.4) is 0 Å². The van der Waals surface area contributed by atoms with Gasteiger partial charge in [0.2, 0.25) is 5.43 Å². The van der Waals surface area contributed by atoms with Gasteiger partial charge in [-0.15, -0.1) is 0 Å². The van der Waals surface area contributed by atoms with Crippen molar-refractivity contribution in [3.63, 3.8) is 0 Å². The van der Waals surface area contributed by atoms with Crippen LogP contribution >= 0.6 is 0 Å². The van der Waals surface area contributed by atoms with Crippen LogP contribution in [-0.4, -0.2) is 19.5 Å². The molecule has 1 atom stereocenters. The highest BCUT2D eigenvalue weighted by Gasteiger charge is 2.24. The van der Waals surface area contributed by atoms with E-state index in [0.717, 1.165) is 0 Å². The van der Waals surface area contributed by atoms with Crippen LogP contribution in [0.4, 0.5) is 10.2 Å². The first-order valence-corrected chi connectivity index (χ1v) is 9.29. The van der Waals surface area contributed by atoms with Crippen LogP contribution in [0.25, 0.3) is 33.3 Å². The Bertz CT molecular complexity index is 1460. The third kappa shape index (κ3) is 2.73. The predicted molar refractivity (Wildman–Crippen MR) is 111 cm³/mol. The molecule has 0 saturated heterocycles. The topological polar surface area (TPSA) is 99.8 Å². The number of imidazole rings is 1. The Morgan fingerprint density at radius 1 is 1.10 bits per heavy atom. The van der Waals surface area contributed by atoms with Gasteiger partial charge in [0.15, 0.2) is 11.5 Å². The fourth-order valence-corrected chi connectivity index (χ4v) is 3.64. The molecule has 7 nitrogen and oxygen atoms in total. The van der Waals surface area contributed by atoms with Crippen LogP contribution in [0, 0.1) is 5.82 Å². The molecule has 0 fully saturated rings. The number of benzene rings is 2. The van der Waals surface area contributed by atoms with Gasteiger partial charge < -0.3 is 14.7 Å². The number of rotatable bonds is 3. The smallest absolute Gasteiger partial charge is 0.200 e. The molecular formula is C22H16FN5O2. The summed E-state index contributed by atoms with van der Waals surface area (Å²) in [6.07, 6.45) is 2.95. The summed E-state index contributed by atoms with van der Waals surface area (Å²) < 4.78 is 21.8. The third-order valence-corrected chi connectivity index (χ3v) is 5.13. The Balaban J connectivity index is 1.82. The van der Waals surface area contributed by atoms with Gasteiger partial charge in [0, 0.05) is 0 Å². The molecule has 0 spiro atoms. The summed E-state index contributed by atoms with van der Waals surface area (Å²) in [5, 5.41) is 0.187. The minimum Gasteiger partial charge on any atom is -0.458 e. The fourth-order valence-electron chi connectivity index (χ4n) is 3.64. The molecule has 0 amide bonds. The molecule has 0 aliphatic rings. The molecule has 3 aromatic heterocycles. The second-order valence-corrected chi connectivity index (χ2v) is 6.94. The second-order valence-electron chi connectivity index (χ2n) is 6.94. The molecule has 0 aliphatic heterocycles. The highest BCUT2D eigenvalue weighted by molar-refractivity contribution is 5.84. The zero-order chi connectivity index (χ0) is 20.8. The van der Waals surface area contributed by atoms with E-state index in [1.54, 1.807) is 10.9 Å². The number of aromatic nitrogens is 4. The Morgan fingerprint density at radius 2 is 1.90 bits per heavy atom. The van der Waals surface area contributed by atoms with E-state index >= 15 is 0 Å². The molecule has 3 heterocycles. The minimum absolute atomic E-state index is 0.187. The van der Waals surface area contributed by atoms with Crippen LogP contribution in [0.15, 0.2) is 70.4 Å². The number of fused-ring (bicyclic) bond motifs is 2. The summed E-state index contributed by atoms with van der Waals surface area (Å²) in [4.78, 5) is 26.0. The van der Waals surface area contributed by atoms with E-state index in [0.29, 0.717) is 33.6 Å². The lowest BCUT2D eigenvalue weighted by Gasteiger charge is -2.17. The van der Waals surface area contributed by atoms with Crippen LogP contribution in [0.5, 0.6) is 0 Å². The van der Waals surface area contributed by atoms with E-state index < -0.39 is 11.9 Å². The van der Waals surface area contributed by atoms with Gasteiger partial charge in [-0.3, -0.25) is 4.79 Å². The Kier molecular flexibility index (Phi) is 4.06. The first-order valence-electron chi connectivity index (χ1n) is 9.29. The van der Waals surface area contributed by atoms with Crippen LogP contribution < -0.4 is 11.2 Å². The number of hydrogen-bond acceptors (Lipinski definition) is 6. The van der Waals surface area contributed by atoms with E-state index in [2.05, 4.69) is 15.0 Å². The average molecular weight is 401 g/mol. The van der Waals surface area contributed by atoms with Gasteiger partial charge in [0.1, 0.15) is 29.0 Å². The van der Waals surface area contributed by atoms with E-state index in [9.17, 15) is 9.18 Å². The van der Waals surface area contributed by atoms with Crippen molar-refractivity contribution in [2.75, 3.05) is 5.73 Å². The average Bonchev–Trinajstić information content (AvgIpc) is 3.20. The molecule has 0 radical (unpaired) electrons. The molecule has 30 heavy (non-hydrogen) atoms. The van der Waals surface area contributed by atoms with Gasteiger partial charge in [0.25, 0.3) is 0 Å². The molecule has 2 N–H and O–H groups in total. The van der Waals surface area contributed by atoms with Gasteiger partial charge >= 0.3 is 0 Å². The molecule has 148 valence electrons. The second kappa shape index (κ2) is 6.77. The van der Waals surface area contributed by atoms with Crippen molar-refractivity contribution >= 4 is 28.0 Å². The molecule has 8 heteroatoms. The SMILES string of the molecule is CC(c1oc2ccc(F)cc2c(=O)c1-c1ccccc1)n1cnc2c(N)ncnc21. The molecular weight excluding hydrogens is 385 g/mol. The van der Waals surface area contributed by atoms with Gasteiger partial charge in [-0.1, -0.05) is 30.3 Å². The predicted octanol–water partition coefficient (Wildman–Crippen LogP) is 3.93. The molecule has 2 aromatic carbocycles. The highest BCUT2D eigenvalue weighted by Crippen LogP contribution is 2.32. The largest absolute Gasteiger partial charge is 0.458 e. The van der Waals surface area contributed by atoms with Crippen molar-refractivity contribution in [3.05, 3.63) is 83.0 Å². The molecule has 1 unspecified atom stereocenters. The van der Waals surface area contributed by atoms with Gasteiger partial charge in [-0.25, -0.2) is 19.3 Å². The number of nitrogens with two attached hydrogens (primary N) is 1. The summed E-state index contributed by atoms with van der Waals surface area (Å²) in [6.45, 7) is 1.87. The van der Waals surface area contributed by atoms with Crippen LogP contribution in [0.2, 0.25) is 0 Å². The third-order valence-electron chi connectivity index (χ3n) is 5.13. The lowest BCUT2D eigenvalue weighted by molar-refractivity contribution is 0.467. The zero-order valence-electron chi connectivity index (χ0n) is 15.9. The van der Waals surface area contributed by atoms with Crippen molar-refractivity contribution in [3.8, 4) is 11.1 Å². The van der Waals surface area contributed by atoms with Crippen molar-refractivity contribution < 1.29 is 8.81 Å². The first-order chi connectivity index (χ1) is 14.5. The van der Waals surface area contributed by atoms with Crippen molar-refractivity contribution in [1.29, 1.82) is 0 Å². The van der Waals surface area contributed by atoms with E-state index in [-0.39, 0.29) is 16.6 Å². The van der Waals surface area contributed by atoms with Gasteiger partial charge in [0.05, 0.1) is 23.3 Å². The molecule has 5 aromatic rings. The summed E-state index contributed by atoms with van der Waals surface area (Å²) >= 11 is 0. The zero-order valence-corrected chi connectivity index (χ0v) is 15.9. The Labute approximate surface area is 169 Å². The minimum atomic E-state index is -0.498. The normalized spacial score (nSPS) is 12.5. The van der Waals surface area contributed by atoms with Gasteiger partial charge in [-0.2, -0.15) is 0 Å². The summed E-state index contributed by atoms with van der Waals surface area (Å²) in [6, 6.07) is 12.6. The van der Waals surface area contributed by atoms with E-state index in [1.807, 2.05) is 37.3 Å². The number of nitrogen functional groups attached to an aromatic ring is 1. The van der Waals surface area contributed by atoms with Crippen molar-refractivity contribution in [2.45, 2.75) is 13.0 Å². The van der Waals surface area contributed by atoms with Gasteiger partial charge in [-0.05, 0) is 30.7 Å². The molecule has 0 saturated carbocycles. The Hall–Kier alpha value is -4.07. The quantitative estimate of drug-likeness (QED) is 0.492. The fraction of sp³-hybridized carbons (Fsp3) is 0.0909. The molecule has 0 bridgehead atoms. The lowest BCUT2D eigenvalue weighted by atomic mass is 9.99. The highest BCUT2D eigenvalue weighted by atomic mass is 19.1. The summed E-state index contributed by atoms with van der Waals surface area (Å²) in [5.41, 5.74) is 7.95. The van der Waals surface area contributed by atoms with Crippen LogP contribution in [0.1, 0.15) is 18.7 Å². The van der Waals surface area contributed by atoms with Crippen molar-refractivity contribution in [2.24, 2.45) is 0 Å². The van der Waals surface area contributed by atoms with E-state index in [4.69, 9.17) is 10.2 Å². The standard InChI is InChI=1S/C22H16FN5O2/c1-12(28-11-27-18-21(24)25-10-26-22(18)28)20-17(13-5-3-2-4-6-13)19(29)15-9-14(23)7-8-16(15)30-20/h2-12H,1H3,(H2,24,25,26). The summed E-state index contributed by atoms with van der Waals surface area (Å²) in [5.74, 6) is 0.189. The maximum Gasteiger partial charge on any atom is 0.200 e. The Morgan fingerprint density at radius 3 is 2.70 bits per heavy atom. The summed E-state index contributed by atoms with van der Waals surface area (Å²) in [7, 11) is 0. The molecule has 0 aliphatic carbocycles. The van der Waals surface area contributed by atoms with Crippen molar-refractivity contribution in [1.82, 2.24) is 19.5 Å². The van der Waals surface area contributed by atoms with E-state index in [1.165, 1.54) is 24.5 Å². The number of nitrogens with zero attached hydrogens (tertiary/aromatic N) is 4. The van der Waals surface area contributed by atoms with Crippen LogP contribution in [-0.2, 0) is 0 Å². The number of anilines is 1. The number of hydrogen-bond donors (Lipinski definition) is 1. The maximum atomic E-state index is 13.8. The monoisotopic (exact) mass is 401 g/mol. The maximum absolute atomic E-state index is 13.8. The first kappa shape index (κ1) is 18.0. The molecule has 5 rings (SSSR count). The lowest BCUT2D eigenvalue weighted by Crippen LogP contribution is -2.15.